The molecule has 1 unspecified atom stereocenters. The van der Waals surface area contributed by atoms with Gasteiger partial charge in [0.05, 0.1) is 6.54 Å². The SMILES string of the molecule is Cc1cnc(OC2CCN(C(=O)OC(C)(C)C)C2)nc1Cl. The number of aryl methyl sites for hydroxylation is 1. The molecule has 2 rings (SSSR count). The smallest absolute Gasteiger partial charge is 0.410 e. The van der Waals surface area contributed by atoms with Gasteiger partial charge in [-0.25, -0.2) is 9.78 Å². The monoisotopic (exact) mass is 313 g/mol. The third kappa shape index (κ3) is 4.46. The van der Waals surface area contributed by atoms with Gasteiger partial charge in [-0.3, -0.25) is 0 Å². The number of rotatable bonds is 2. The molecule has 1 aliphatic heterocycles. The number of aromatic nitrogens is 2. The first-order valence-corrected chi connectivity index (χ1v) is 7.26. The molecule has 0 spiro atoms. The van der Waals surface area contributed by atoms with Gasteiger partial charge in [-0.15, -0.1) is 0 Å². The summed E-state index contributed by atoms with van der Waals surface area (Å²) in [7, 11) is 0. The summed E-state index contributed by atoms with van der Waals surface area (Å²) in [5.41, 5.74) is 0.301. The van der Waals surface area contributed by atoms with E-state index in [2.05, 4.69) is 9.97 Å². The summed E-state index contributed by atoms with van der Waals surface area (Å²) in [6.07, 6.45) is 1.87. The van der Waals surface area contributed by atoms with Crippen molar-refractivity contribution in [2.45, 2.75) is 45.8 Å². The van der Waals surface area contributed by atoms with Crippen molar-refractivity contribution in [2.24, 2.45) is 0 Å². The lowest BCUT2D eigenvalue weighted by Gasteiger charge is -2.24. The molecule has 0 N–H and O–H groups in total. The molecule has 0 bridgehead atoms. The van der Waals surface area contributed by atoms with Crippen molar-refractivity contribution in [1.29, 1.82) is 0 Å². The normalized spacial score (nSPS) is 18.7. The fourth-order valence-electron chi connectivity index (χ4n) is 1.93. The molecule has 6 nitrogen and oxygen atoms in total. The zero-order valence-corrected chi connectivity index (χ0v) is 13.5. The van der Waals surface area contributed by atoms with Crippen molar-refractivity contribution in [3.05, 3.63) is 16.9 Å². The van der Waals surface area contributed by atoms with Crippen molar-refractivity contribution in [2.75, 3.05) is 13.1 Å². The summed E-state index contributed by atoms with van der Waals surface area (Å²) >= 11 is 5.94. The van der Waals surface area contributed by atoms with Crippen LogP contribution in [0.2, 0.25) is 5.15 Å². The fourth-order valence-corrected chi connectivity index (χ4v) is 2.05. The van der Waals surface area contributed by atoms with Crippen molar-refractivity contribution >= 4 is 17.7 Å². The van der Waals surface area contributed by atoms with Gasteiger partial charge in [-0.1, -0.05) is 11.6 Å². The van der Waals surface area contributed by atoms with Gasteiger partial charge in [0.15, 0.2) is 0 Å². The number of halogens is 1. The minimum Gasteiger partial charge on any atom is -0.458 e. The van der Waals surface area contributed by atoms with Crippen LogP contribution in [0.4, 0.5) is 4.79 Å². The van der Waals surface area contributed by atoms with Crippen LogP contribution < -0.4 is 4.74 Å². The number of amides is 1. The second-order valence-electron chi connectivity index (χ2n) is 6.08. The van der Waals surface area contributed by atoms with E-state index in [4.69, 9.17) is 21.1 Å². The first-order chi connectivity index (χ1) is 9.74. The third-order valence-electron chi connectivity index (χ3n) is 2.96. The quantitative estimate of drug-likeness (QED) is 0.786. The highest BCUT2D eigenvalue weighted by molar-refractivity contribution is 6.30. The summed E-state index contributed by atoms with van der Waals surface area (Å²) in [5, 5.41) is 0.377. The average molecular weight is 314 g/mol. The highest BCUT2D eigenvalue weighted by atomic mass is 35.5. The Labute approximate surface area is 129 Å². The second kappa shape index (κ2) is 6.05. The topological polar surface area (TPSA) is 64.5 Å². The van der Waals surface area contributed by atoms with Gasteiger partial charge in [0.2, 0.25) is 0 Å². The molecule has 1 aliphatic rings. The Morgan fingerprint density at radius 2 is 2.19 bits per heavy atom. The van der Waals surface area contributed by atoms with E-state index in [9.17, 15) is 4.79 Å². The van der Waals surface area contributed by atoms with Crippen LogP contribution in [0.25, 0.3) is 0 Å². The molecule has 1 aromatic rings. The van der Waals surface area contributed by atoms with Crippen LogP contribution in [0.3, 0.4) is 0 Å². The van der Waals surface area contributed by atoms with Gasteiger partial charge in [0.1, 0.15) is 16.9 Å². The first kappa shape index (κ1) is 15.8. The second-order valence-corrected chi connectivity index (χ2v) is 6.44. The summed E-state index contributed by atoms with van der Waals surface area (Å²) in [5.74, 6) is 0. The van der Waals surface area contributed by atoms with Gasteiger partial charge in [-0.05, 0) is 27.7 Å². The lowest BCUT2D eigenvalue weighted by Crippen LogP contribution is -2.36. The molecule has 1 aromatic heterocycles. The molecular formula is C14H20ClN3O3. The molecule has 0 aliphatic carbocycles. The van der Waals surface area contributed by atoms with E-state index < -0.39 is 5.60 Å². The number of carbonyl (C=O) groups is 1. The number of carbonyl (C=O) groups excluding carboxylic acids is 1. The van der Waals surface area contributed by atoms with E-state index in [1.807, 2.05) is 27.7 Å². The predicted octanol–water partition coefficient (Wildman–Crippen LogP) is 2.83. The highest BCUT2D eigenvalue weighted by Gasteiger charge is 2.31. The molecule has 0 radical (unpaired) electrons. The third-order valence-corrected chi connectivity index (χ3v) is 3.34. The molecule has 116 valence electrons. The number of nitrogens with zero attached hydrogens (tertiary/aromatic N) is 3. The van der Waals surface area contributed by atoms with Gasteiger partial charge < -0.3 is 14.4 Å². The molecule has 0 aromatic carbocycles. The lowest BCUT2D eigenvalue weighted by molar-refractivity contribution is 0.0274. The van der Waals surface area contributed by atoms with Gasteiger partial charge in [0.25, 0.3) is 0 Å². The van der Waals surface area contributed by atoms with E-state index in [1.54, 1.807) is 11.1 Å². The highest BCUT2D eigenvalue weighted by Crippen LogP contribution is 2.20. The maximum Gasteiger partial charge on any atom is 0.410 e. The van der Waals surface area contributed by atoms with Crippen molar-refractivity contribution in [3.63, 3.8) is 0 Å². The van der Waals surface area contributed by atoms with E-state index in [-0.39, 0.29) is 18.2 Å². The Morgan fingerprint density at radius 1 is 1.48 bits per heavy atom. The Balaban J connectivity index is 1.90. The lowest BCUT2D eigenvalue weighted by atomic mass is 10.2. The Hall–Kier alpha value is -1.56. The molecule has 1 saturated heterocycles. The summed E-state index contributed by atoms with van der Waals surface area (Å²) < 4.78 is 11.0. The zero-order valence-electron chi connectivity index (χ0n) is 12.7. The standard InChI is InChI=1S/C14H20ClN3O3/c1-9-7-16-12(17-11(9)15)20-10-5-6-18(8-10)13(19)21-14(2,3)4/h7,10H,5-6,8H2,1-4H3. The largest absolute Gasteiger partial charge is 0.458 e. The summed E-state index contributed by atoms with van der Waals surface area (Å²) in [6.45, 7) is 8.42. The Bertz CT molecular complexity index is 531. The molecule has 0 saturated carbocycles. The van der Waals surface area contributed by atoms with Gasteiger partial charge in [-0.2, -0.15) is 4.98 Å². The van der Waals surface area contributed by atoms with E-state index >= 15 is 0 Å². The van der Waals surface area contributed by atoms with Crippen LogP contribution in [-0.2, 0) is 4.74 Å². The van der Waals surface area contributed by atoms with Gasteiger partial charge in [0, 0.05) is 24.7 Å². The number of likely N-dealkylation sites (tertiary alicyclic amines) is 1. The zero-order chi connectivity index (χ0) is 15.6. The van der Waals surface area contributed by atoms with Crippen LogP contribution in [0.5, 0.6) is 6.01 Å². The molecule has 1 atom stereocenters. The van der Waals surface area contributed by atoms with Crippen LogP contribution in [-0.4, -0.2) is 45.8 Å². The first-order valence-electron chi connectivity index (χ1n) is 6.88. The minimum absolute atomic E-state index is 0.142. The predicted molar refractivity (Wildman–Crippen MR) is 78.6 cm³/mol. The number of hydrogen-bond donors (Lipinski definition) is 0. The molecule has 7 heteroatoms. The maximum atomic E-state index is 12.0. The molecule has 1 amide bonds. The van der Waals surface area contributed by atoms with Crippen LogP contribution in [0, 0.1) is 6.92 Å². The summed E-state index contributed by atoms with van der Waals surface area (Å²) in [4.78, 5) is 21.7. The van der Waals surface area contributed by atoms with E-state index in [0.29, 0.717) is 24.7 Å². The van der Waals surface area contributed by atoms with Crippen molar-refractivity contribution in [1.82, 2.24) is 14.9 Å². The van der Waals surface area contributed by atoms with Crippen molar-refractivity contribution < 1.29 is 14.3 Å². The number of ether oxygens (including phenoxy) is 2. The summed E-state index contributed by atoms with van der Waals surface area (Å²) in [6, 6.07) is 0.238. The molecule has 21 heavy (non-hydrogen) atoms. The molecule has 1 fully saturated rings. The Morgan fingerprint density at radius 3 is 2.81 bits per heavy atom. The Kier molecular flexibility index (Phi) is 4.56. The minimum atomic E-state index is -0.496. The molecule has 2 heterocycles. The fraction of sp³-hybridized carbons (Fsp3) is 0.643. The van der Waals surface area contributed by atoms with E-state index in [1.165, 1.54) is 0 Å². The number of hydrogen-bond acceptors (Lipinski definition) is 5. The maximum absolute atomic E-state index is 12.0. The van der Waals surface area contributed by atoms with Gasteiger partial charge >= 0.3 is 12.1 Å². The van der Waals surface area contributed by atoms with Crippen molar-refractivity contribution in [3.8, 4) is 6.01 Å². The van der Waals surface area contributed by atoms with Crippen LogP contribution >= 0.6 is 11.6 Å². The van der Waals surface area contributed by atoms with E-state index in [0.717, 1.165) is 5.56 Å². The molecular weight excluding hydrogens is 294 g/mol. The van der Waals surface area contributed by atoms with Crippen LogP contribution in [0.15, 0.2) is 6.20 Å². The average Bonchev–Trinajstić information content (AvgIpc) is 2.80. The van der Waals surface area contributed by atoms with Crippen LogP contribution in [0.1, 0.15) is 32.8 Å².